The summed E-state index contributed by atoms with van der Waals surface area (Å²) in [7, 11) is 0. The quantitative estimate of drug-likeness (QED) is 0.642. The monoisotopic (exact) mass is 336 g/mol. The Morgan fingerprint density at radius 1 is 1.08 bits per heavy atom. The molecule has 132 valence electrons. The van der Waals surface area contributed by atoms with Crippen molar-refractivity contribution in [1.82, 2.24) is 0 Å². The summed E-state index contributed by atoms with van der Waals surface area (Å²) >= 11 is 0. The van der Waals surface area contributed by atoms with Gasteiger partial charge in [-0.3, -0.25) is 0 Å². The third-order valence-corrected chi connectivity index (χ3v) is 5.18. The normalized spacial score (nSPS) is 19.3. The van der Waals surface area contributed by atoms with Crippen LogP contribution in [0.5, 0.6) is 0 Å². The van der Waals surface area contributed by atoms with Gasteiger partial charge in [-0.2, -0.15) is 0 Å². The summed E-state index contributed by atoms with van der Waals surface area (Å²) in [5.74, 6) is 0. The molecular weight excluding hydrogens is 308 g/mol. The van der Waals surface area contributed by atoms with Crippen molar-refractivity contribution in [1.29, 1.82) is 0 Å². The Balaban J connectivity index is 1.84. The van der Waals surface area contributed by atoms with Crippen LogP contribution in [0.2, 0.25) is 0 Å². The molecule has 3 heteroatoms. The van der Waals surface area contributed by atoms with E-state index < -0.39 is 0 Å². The third-order valence-electron chi connectivity index (χ3n) is 5.18. The maximum absolute atomic E-state index is 13.0. The van der Waals surface area contributed by atoms with E-state index in [1.807, 2.05) is 30.3 Å². The van der Waals surface area contributed by atoms with E-state index in [9.17, 15) is 5.21 Å². The maximum Gasteiger partial charge on any atom is 0.200 e. The molecule has 1 heterocycles. The summed E-state index contributed by atoms with van der Waals surface area (Å²) in [5.41, 5.74) is 6.72. The van der Waals surface area contributed by atoms with Crippen molar-refractivity contribution < 1.29 is 4.74 Å². The Morgan fingerprint density at radius 2 is 1.68 bits per heavy atom. The van der Waals surface area contributed by atoms with Crippen LogP contribution >= 0.6 is 0 Å². The predicted octanol–water partition coefficient (Wildman–Crippen LogP) is 4.82. The molecule has 1 N–H and O–H groups in total. The first-order valence-electron chi connectivity index (χ1n) is 9.00. The lowest BCUT2D eigenvalue weighted by Crippen LogP contribution is -2.28. The fourth-order valence-electron chi connectivity index (χ4n) is 4.20. The topological polar surface area (TPSA) is 38.1 Å². The fraction of sp³-hybridized carbons (Fsp3) is 0.409. The van der Waals surface area contributed by atoms with Gasteiger partial charge in [0.05, 0.1) is 12.0 Å². The van der Waals surface area contributed by atoms with Gasteiger partial charge in [-0.1, -0.05) is 35.9 Å². The lowest BCUT2D eigenvalue weighted by Gasteiger charge is -2.17. The van der Waals surface area contributed by atoms with Crippen molar-refractivity contribution >= 4 is 11.4 Å². The van der Waals surface area contributed by atoms with Gasteiger partial charge in [0.15, 0.2) is 6.04 Å². The molecule has 0 aliphatic carbocycles. The van der Waals surface area contributed by atoms with Gasteiger partial charge < -0.3 is 10.5 Å². The molecule has 0 bridgehead atoms. The first-order valence-corrected chi connectivity index (χ1v) is 9.00. The molecule has 25 heavy (non-hydrogen) atoms. The van der Waals surface area contributed by atoms with Crippen LogP contribution in [0, 0.1) is 31.4 Å². The molecule has 0 radical (unpaired) electrons. The van der Waals surface area contributed by atoms with E-state index in [-0.39, 0.29) is 11.5 Å². The van der Waals surface area contributed by atoms with Crippen LogP contribution in [0.25, 0.3) is 0 Å². The van der Waals surface area contributed by atoms with Gasteiger partial charge in [0, 0.05) is 17.7 Å². The Morgan fingerprint density at radius 3 is 2.28 bits per heavy atom. The van der Waals surface area contributed by atoms with Crippen LogP contribution in [-0.2, 0) is 0 Å². The largest absolute Gasteiger partial charge is 0.623 e. The average molecular weight is 336 g/mol. The van der Waals surface area contributed by atoms with Crippen LogP contribution in [0.1, 0.15) is 42.5 Å². The first kappa shape index (κ1) is 17.5. The zero-order valence-electron chi connectivity index (χ0n) is 15.9. The molecule has 1 atom stereocenters. The highest BCUT2D eigenvalue weighted by atomic mass is 16.5. The summed E-state index contributed by atoms with van der Waals surface area (Å²) in [5, 5.41) is 16.5. The van der Waals surface area contributed by atoms with E-state index in [0.29, 0.717) is 6.54 Å². The number of hydrogen-bond donors (Lipinski definition) is 1. The number of hydroxylamine groups is 1. The number of benzene rings is 2. The average Bonchev–Trinajstić information content (AvgIpc) is 2.76. The Kier molecular flexibility index (Phi) is 4.59. The van der Waals surface area contributed by atoms with Crippen molar-refractivity contribution in [2.24, 2.45) is 5.41 Å². The van der Waals surface area contributed by atoms with Crippen LogP contribution in [-0.4, -0.2) is 23.0 Å². The van der Waals surface area contributed by atoms with Gasteiger partial charge in [-0.15, -0.1) is 0 Å². The molecule has 0 saturated heterocycles. The van der Waals surface area contributed by atoms with Gasteiger partial charge in [-0.05, 0) is 57.9 Å². The summed E-state index contributed by atoms with van der Waals surface area (Å²) in [6, 6.07) is 14.4. The summed E-state index contributed by atoms with van der Waals surface area (Å²) in [6.07, 6.45) is 0.859. The highest BCUT2D eigenvalue weighted by Gasteiger charge is 2.45. The molecule has 0 saturated carbocycles. The maximum atomic E-state index is 13.0. The van der Waals surface area contributed by atoms with Crippen LogP contribution < -0.4 is 5.32 Å². The molecule has 0 aromatic heterocycles. The second kappa shape index (κ2) is 6.55. The summed E-state index contributed by atoms with van der Waals surface area (Å²) in [4.78, 5) is 0. The second-order valence-corrected chi connectivity index (χ2v) is 7.94. The minimum absolute atomic E-state index is 0.0506. The van der Waals surface area contributed by atoms with Crippen molar-refractivity contribution in [3.63, 3.8) is 0 Å². The molecule has 0 amide bonds. The van der Waals surface area contributed by atoms with E-state index in [0.717, 1.165) is 23.4 Å². The van der Waals surface area contributed by atoms with Crippen molar-refractivity contribution in [2.45, 2.75) is 47.1 Å². The SMILES string of the molecule is Cc1cc(C)c(NC[C@H]2CC(C)(C)C(c3ccccc3)=[N+]2[O-])c(C)c1. The number of anilines is 1. The van der Waals surface area contributed by atoms with Gasteiger partial charge in [0.2, 0.25) is 5.71 Å². The Labute approximate surface area is 151 Å². The molecule has 0 spiro atoms. The molecular formula is C22H28N2O. The van der Waals surface area contributed by atoms with Crippen LogP contribution in [0.15, 0.2) is 42.5 Å². The van der Waals surface area contributed by atoms with Crippen LogP contribution in [0.4, 0.5) is 5.69 Å². The van der Waals surface area contributed by atoms with Gasteiger partial charge >= 0.3 is 0 Å². The fourth-order valence-corrected chi connectivity index (χ4v) is 4.20. The molecule has 1 aliphatic heterocycles. The van der Waals surface area contributed by atoms with Crippen LogP contribution in [0.3, 0.4) is 0 Å². The minimum atomic E-state index is -0.118. The molecule has 3 rings (SSSR count). The molecule has 2 aromatic rings. The Bertz CT molecular complexity index is 783. The van der Waals surface area contributed by atoms with Crippen molar-refractivity contribution in [3.8, 4) is 0 Å². The smallest absolute Gasteiger partial charge is 0.200 e. The van der Waals surface area contributed by atoms with E-state index in [1.165, 1.54) is 21.4 Å². The molecule has 0 unspecified atom stereocenters. The zero-order chi connectivity index (χ0) is 18.2. The number of hydrogen-bond acceptors (Lipinski definition) is 2. The summed E-state index contributed by atoms with van der Waals surface area (Å²) in [6.45, 7) is 11.4. The minimum Gasteiger partial charge on any atom is -0.623 e. The third kappa shape index (κ3) is 3.41. The highest BCUT2D eigenvalue weighted by Crippen LogP contribution is 2.35. The van der Waals surface area contributed by atoms with Crippen molar-refractivity contribution in [3.05, 3.63) is 69.9 Å². The van der Waals surface area contributed by atoms with Gasteiger partial charge in [-0.25, -0.2) is 4.74 Å². The Hall–Kier alpha value is -2.29. The van der Waals surface area contributed by atoms with E-state index >= 15 is 0 Å². The van der Waals surface area contributed by atoms with Gasteiger partial charge in [0.1, 0.15) is 0 Å². The molecule has 1 aliphatic rings. The summed E-state index contributed by atoms with van der Waals surface area (Å²) < 4.78 is 1.24. The zero-order valence-corrected chi connectivity index (χ0v) is 15.9. The number of aryl methyl sites for hydroxylation is 3. The van der Waals surface area contributed by atoms with E-state index in [4.69, 9.17) is 0 Å². The van der Waals surface area contributed by atoms with Gasteiger partial charge in [0.25, 0.3) is 0 Å². The highest BCUT2D eigenvalue weighted by molar-refractivity contribution is 6.01. The second-order valence-electron chi connectivity index (χ2n) is 7.94. The standard InChI is InChI=1S/C22H28N2O/c1-15-11-16(2)20(17(3)12-15)23-14-19-13-22(4,5)21(24(19)25)18-9-7-6-8-10-18/h6-12,19,23H,13-14H2,1-5H3/t19-/m1/s1. The lowest BCUT2D eigenvalue weighted by atomic mass is 9.81. The van der Waals surface area contributed by atoms with Crippen molar-refractivity contribution in [2.75, 3.05) is 11.9 Å². The molecule has 3 nitrogen and oxygen atoms in total. The molecule has 0 fully saturated rings. The predicted molar refractivity (Wildman–Crippen MR) is 106 cm³/mol. The van der Waals surface area contributed by atoms with E-state index in [1.54, 1.807) is 0 Å². The lowest BCUT2D eigenvalue weighted by molar-refractivity contribution is -0.487. The number of rotatable bonds is 4. The molecule has 2 aromatic carbocycles. The number of nitrogens with one attached hydrogen (secondary N) is 1. The van der Waals surface area contributed by atoms with E-state index in [2.05, 4.69) is 52.1 Å². The first-order chi connectivity index (χ1) is 11.8. The number of nitrogens with zero attached hydrogens (tertiary/aromatic N) is 1.